The van der Waals surface area contributed by atoms with Gasteiger partial charge in [-0.1, -0.05) is 0 Å². The van der Waals surface area contributed by atoms with E-state index >= 15 is 0 Å². The minimum atomic E-state index is 0. The van der Waals surface area contributed by atoms with Crippen LogP contribution in [0.1, 0.15) is 12.8 Å². The lowest BCUT2D eigenvalue weighted by molar-refractivity contribution is -0.0344. The fraction of sp³-hybridized carbons (Fsp3) is 1.00. The maximum absolute atomic E-state index is 11.4. The van der Waals surface area contributed by atoms with E-state index in [4.69, 9.17) is 0 Å². The fourth-order valence-electron chi connectivity index (χ4n) is 0.454. The van der Waals surface area contributed by atoms with E-state index in [1.165, 1.54) is 19.5 Å². The highest BCUT2D eigenvalue weighted by atomic mass is 35.5. The summed E-state index contributed by atoms with van der Waals surface area (Å²) in [6.45, 7) is 3.81. The molecule has 0 aromatic rings. The Morgan fingerprint density at radius 1 is 1.10 bits per heavy atom. The van der Waals surface area contributed by atoms with Crippen LogP contribution in [0.5, 0.6) is 0 Å². The predicted molar refractivity (Wildman–Crippen MR) is 42.0 cm³/mol. The third kappa shape index (κ3) is 4.04. The van der Waals surface area contributed by atoms with E-state index in [-0.39, 0.29) is 12.4 Å². The normalized spacial score (nSPS) is 22.5. The van der Waals surface area contributed by atoms with Crippen LogP contribution in [0, 0.1) is 0 Å². The number of hydrogen-bond donors (Lipinski definition) is 1. The molecule has 10 heavy (non-hydrogen) atoms. The lowest BCUT2D eigenvalue weighted by atomic mass is 10.3. The third-order valence-corrected chi connectivity index (χ3v) is 1.51. The Hall–Kier alpha value is 0.140. The van der Waals surface area contributed by atoms with Crippen LogP contribution in [0.25, 0.3) is 0 Å². The molecule has 0 saturated carbocycles. The summed E-state index contributed by atoms with van der Waals surface area (Å²) in [5.41, 5.74) is 0. The molecule has 2 rings (SSSR count). The van der Waals surface area contributed by atoms with E-state index in [0.29, 0.717) is 13.1 Å². The fourth-order valence-corrected chi connectivity index (χ4v) is 0.454. The van der Waals surface area contributed by atoms with Gasteiger partial charge in [-0.25, -0.2) is 0 Å². The molecular formula is C6H14ClFN2. The molecule has 2 fully saturated rings. The van der Waals surface area contributed by atoms with Gasteiger partial charge in [0.1, 0.15) is 0 Å². The monoisotopic (exact) mass is 168 g/mol. The molecule has 0 aliphatic carbocycles. The van der Waals surface area contributed by atoms with Crippen molar-refractivity contribution in [2.24, 2.45) is 0 Å². The van der Waals surface area contributed by atoms with Crippen molar-refractivity contribution in [1.29, 1.82) is 0 Å². The van der Waals surface area contributed by atoms with Gasteiger partial charge in [-0.15, -0.1) is 22.0 Å². The molecule has 0 bridgehead atoms. The molecule has 0 amide bonds. The number of hydrogen-bond acceptors (Lipinski definition) is 2. The zero-order valence-corrected chi connectivity index (χ0v) is 6.79. The third-order valence-electron chi connectivity index (χ3n) is 1.51. The van der Waals surface area contributed by atoms with Crippen molar-refractivity contribution in [2.75, 3.05) is 26.2 Å². The average molecular weight is 169 g/mol. The summed E-state index contributed by atoms with van der Waals surface area (Å²) >= 11 is 0. The lowest BCUT2D eigenvalue weighted by Crippen LogP contribution is -2.29. The van der Waals surface area contributed by atoms with Crippen molar-refractivity contribution in [3.63, 3.8) is 0 Å². The molecule has 0 unspecified atom stereocenters. The minimum absolute atomic E-state index is 0. The van der Waals surface area contributed by atoms with E-state index in [9.17, 15) is 4.48 Å². The van der Waals surface area contributed by atoms with Crippen LogP contribution in [-0.2, 0) is 0 Å². The molecular weight excluding hydrogens is 155 g/mol. The van der Waals surface area contributed by atoms with Gasteiger partial charge >= 0.3 is 0 Å². The average Bonchev–Trinajstić information content (AvgIpc) is 1.56. The Balaban J connectivity index is 0.000000150. The smallest absolute Gasteiger partial charge is 0.0303 e. The maximum atomic E-state index is 11.4. The second kappa shape index (κ2) is 5.89. The second-order valence-corrected chi connectivity index (χ2v) is 2.37. The molecule has 0 aromatic heterocycles. The number of nitrogens with zero attached hydrogens (tertiary/aromatic N) is 1. The molecule has 2 nitrogen and oxygen atoms in total. The Bertz CT molecular complexity index is 70.1. The van der Waals surface area contributed by atoms with Gasteiger partial charge in [0.25, 0.3) is 0 Å². The largest absolute Gasteiger partial charge is 0.317 e. The zero-order valence-electron chi connectivity index (χ0n) is 5.98. The predicted octanol–water partition coefficient (Wildman–Crippen LogP) is 0.978. The molecule has 0 atom stereocenters. The van der Waals surface area contributed by atoms with E-state index in [0.717, 1.165) is 11.5 Å². The molecule has 1 N–H and O–H groups in total. The van der Waals surface area contributed by atoms with Crippen LogP contribution in [-0.4, -0.2) is 31.3 Å². The van der Waals surface area contributed by atoms with Crippen LogP contribution in [0.15, 0.2) is 0 Å². The molecule has 2 heterocycles. The quantitative estimate of drug-likeness (QED) is 0.543. The van der Waals surface area contributed by atoms with Gasteiger partial charge in [-0.05, 0) is 25.9 Å². The van der Waals surface area contributed by atoms with Crippen LogP contribution in [0.3, 0.4) is 0 Å². The van der Waals surface area contributed by atoms with Gasteiger partial charge in [0.2, 0.25) is 0 Å². The zero-order chi connectivity index (χ0) is 6.53. The number of nitrogens with one attached hydrogen (secondary N) is 1. The van der Waals surface area contributed by atoms with E-state index in [1.54, 1.807) is 0 Å². The van der Waals surface area contributed by atoms with Gasteiger partial charge in [0.15, 0.2) is 0 Å². The Labute approximate surface area is 67.1 Å². The summed E-state index contributed by atoms with van der Waals surface area (Å²) in [4.78, 5) is 0. The minimum Gasteiger partial charge on any atom is -0.317 e. The summed E-state index contributed by atoms with van der Waals surface area (Å²) in [5, 5.41) is 3.92. The summed E-state index contributed by atoms with van der Waals surface area (Å²) in [5.74, 6) is 0. The van der Waals surface area contributed by atoms with Gasteiger partial charge in [-0.2, -0.15) is 0 Å². The molecule has 0 radical (unpaired) electrons. The molecule has 0 spiro atoms. The van der Waals surface area contributed by atoms with Crippen molar-refractivity contribution in [3.8, 4) is 0 Å². The van der Waals surface area contributed by atoms with Crippen molar-refractivity contribution >= 4 is 12.4 Å². The lowest BCUT2D eigenvalue weighted by Gasteiger charge is -2.18. The Kier molecular flexibility index (Phi) is 5.97. The Morgan fingerprint density at radius 2 is 1.40 bits per heavy atom. The summed E-state index contributed by atoms with van der Waals surface area (Å²) in [6, 6.07) is 0. The van der Waals surface area contributed by atoms with Crippen molar-refractivity contribution in [1.82, 2.24) is 10.4 Å². The molecule has 2 saturated heterocycles. The van der Waals surface area contributed by atoms with Crippen molar-refractivity contribution in [3.05, 3.63) is 0 Å². The van der Waals surface area contributed by atoms with E-state index in [2.05, 4.69) is 5.32 Å². The van der Waals surface area contributed by atoms with Crippen LogP contribution < -0.4 is 5.32 Å². The molecule has 2 aliphatic rings. The first-order valence-electron chi connectivity index (χ1n) is 3.51. The number of halogens is 2. The van der Waals surface area contributed by atoms with Gasteiger partial charge in [-0.3, -0.25) is 0 Å². The molecule has 0 aromatic carbocycles. The Morgan fingerprint density at radius 3 is 1.40 bits per heavy atom. The summed E-state index contributed by atoms with van der Waals surface area (Å²) in [7, 11) is 0. The van der Waals surface area contributed by atoms with Crippen LogP contribution in [0.4, 0.5) is 4.48 Å². The SMILES string of the molecule is C1CNC1.Cl.FN1CCC1. The van der Waals surface area contributed by atoms with Gasteiger partial charge in [0.05, 0.1) is 0 Å². The first kappa shape index (κ1) is 10.1. The van der Waals surface area contributed by atoms with E-state index in [1.807, 2.05) is 0 Å². The highest BCUT2D eigenvalue weighted by Crippen LogP contribution is 2.03. The van der Waals surface area contributed by atoms with Gasteiger partial charge < -0.3 is 5.32 Å². The van der Waals surface area contributed by atoms with Gasteiger partial charge in [0, 0.05) is 13.1 Å². The van der Waals surface area contributed by atoms with E-state index < -0.39 is 0 Å². The first-order chi connectivity index (χ1) is 4.39. The standard InChI is InChI=1S/C3H6FN.C3H7N.ClH/c4-5-2-1-3-5;1-2-4-3-1;/h1-3H2;4H,1-3H2;1H. The van der Waals surface area contributed by atoms with Crippen molar-refractivity contribution in [2.45, 2.75) is 12.8 Å². The highest BCUT2D eigenvalue weighted by Gasteiger charge is 2.09. The van der Waals surface area contributed by atoms with Crippen LogP contribution in [0.2, 0.25) is 0 Å². The van der Waals surface area contributed by atoms with Crippen LogP contribution >= 0.6 is 12.4 Å². The van der Waals surface area contributed by atoms with Crippen molar-refractivity contribution < 1.29 is 4.48 Å². The molecule has 62 valence electrons. The number of rotatable bonds is 0. The topological polar surface area (TPSA) is 15.3 Å². The summed E-state index contributed by atoms with van der Waals surface area (Å²) in [6.07, 6.45) is 2.43. The molecule has 2 aliphatic heterocycles. The first-order valence-corrected chi connectivity index (χ1v) is 3.51. The second-order valence-electron chi connectivity index (χ2n) is 2.37. The highest BCUT2D eigenvalue weighted by molar-refractivity contribution is 5.85. The maximum Gasteiger partial charge on any atom is 0.0303 e. The summed E-state index contributed by atoms with van der Waals surface area (Å²) < 4.78 is 11.4. The molecule has 4 heteroatoms.